The van der Waals surface area contributed by atoms with Crippen LogP contribution in [0.25, 0.3) is 0 Å². The molecule has 2 unspecified atom stereocenters. The molecule has 1 aromatic rings. The molecule has 0 saturated carbocycles. The molecular formula is C17H27FO2S. The van der Waals surface area contributed by atoms with Gasteiger partial charge in [-0.1, -0.05) is 39.8 Å². The smallest absolute Gasteiger partial charge is 0.189 e. The van der Waals surface area contributed by atoms with Crippen molar-refractivity contribution in [3.63, 3.8) is 0 Å². The van der Waals surface area contributed by atoms with Gasteiger partial charge in [-0.2, -0.15) is 0 Å². The monoisotopic (exact) mass is 314 g/mol. The summed E-state index contributed by atoms with van der Waals surface area (Å²) in [6, 6.07) is 4.15. The third kappa shape index (κ3) is 5.19. The van der Waals surface area contributed by atoms with Crippen LogP contribution in [0.1, 0.15) is 50.8 Å². The first-order chi connectivity index (χ1) is 9.66. The Morgan fingerprint density at radius 1 is 1.24 bits per heavy atom. The van der Waals surface area contributed by atoms with E-state index in [0.717, 1.165) is 16.0 Å². The largest absolute Gasteiger partial charge is 0.287 e. The maximum atomic E-state index is 12.4. The molecule has 1 rings (SSSR count). The van der Waals surface area contributed by atoms with Crippen LogP contribution in [0.5, 0.6) is 0 Å². The Balaban J connectivity index is 2.86. The maximum Gasteiger partial charge on any atom is 0.189 e. The molecule has 21 heavy (non-hydrogen) atoms. The Kier molecular flexibility index (Phi) is 6.54. The standard InChI is InChI=1S/C17H27FO2S/c1-12(11-18)7-8-20-21(19)16-13(2)9-15(10-14(16)3)17(4,5)6/h9-10,12H,7-8,11H2,1-6H3. The van der Waals surface area contributed by atoms with Gasteiger partial charge in [-0.05, 0) is 48.3 Å². The first-order valence-electron chi connectivity index (χ1n) is 7.39. The van der Waals surface area contributed by atoms with Crippen molar-refractivity contribution in [3.8, 4) is 0 Å². The fraction of sp³-hybridized carbons (Fsp3) is 0.647. The van der Waals surface area contributed by atoms with E-state index in [1.165, 1.54) is 5.56 Å². The third-order valence-electron chi connectivity index (χ3n) is 3.56. The van der Waals surface area contributed by atoms with Crippen molar-refractivity contribution in [2.24, 2.45) is 5.92 Å². The predicted molar refractivity (Wildman–Crippen MR) is 86.7 cm³/mol. The third-order valence-corrected chi connectivity index (χ3v) is 4.92. The van der Waals surface area contributed by atoms with Gasteiger partial charge in [-0.25, -0.2) is 4.21 Å². The zero-order valence-electron chi connectivity index (χ0n) is 14.0. The van der Waals surface area contributed by atoms with Crippen molar-refractivity contribution < 1.29 is 12.8 Å². The van der Waals surface area contributed by atoms with E-state index < -0.39 is 11.1 Å². The van der Waals surface area contributed by atoms with Gasteiger partial charge in [0.1, 0.15) is 0 Å². The second-order valence-electron chi connectivity index (χ2n) is 6.79. The topological polar surface area (TPSA) is 26.3 Å². The first-order valence-corrected chi connectivity index (χ1v) is 8.47. The summed E-state index contributed by atoms with van der Waals surface area (Å²) in [6.07, 6.45) is 0.584. The Morgan fingerprint density at radius 2 is 1.76 bits per heavy atom. The number of aryl methyl sites for hydroxylation is 2. The van der Waals surface area contributed by atoms with Gasteiger partial charge >= 0.3 is 0 Å². The summed E-state index contributed by atoms with van der Waals surface area (Å²) in [5, 5.41) is 0. The number of rotatable bonds is 6. The molecule has 2 nitrogen and oxygen atoms in total. The van der Waals surface area contributed by atoms with Crippen LogP contribution in [0.2, 0.25) is 0 Å². The van der Waals surface area contributed by atoms with Crippen LogP contribution in [0.4, 0.5) is 4.39 Å². The van der Waals surface area contributed by atoms with Gasteiger partial charge < -0.3 is 0 Å². The normalized spacial score (nSPS) is 15.0. The molecule has 0 aliphatic carbocycles. The zero-order valence-corrected chi connectivity index (χ0v) is 14.8. The van der Waals surface area contributed by atoms with Gasteiger partial charge in [-0.3, -0.25) is 8.57 Å². The summed E-state index contributed by atoms with van der Waals surface area (Å²) >= 11 is -1.48. The fourth-order valence-corrected chi connectivity index (χ4v) is 3.12. The molecule has 0 saturated heterocycles. The molecule has 0 bridgehead atoms. The first kappa shape index (κ1) is 18.3. The van der Waals surface area contributed by atoms with E-state index in [1.807, 2.05) is 20.8 Å². The quantitative estimate of drug-likeness (QED) is 0.765. The van der Waals surface area contributed by atoms with E-state index in [1.54, 1.807) is 0 Å². The highest BCUT2D eigenvalue weighted by atomic mass is 32.2. The SMILES string of the molecule is Cc1cc(C(C)(C)C)cc(C)c1S(=O)OCCC(C)CF. The molecule has 0 aliphatic heterocycles. The van der Waals surface area contributed by atoms with Crippen molar-refractivity contribution >= 4 is 11.1 Å². The summed E-state index contributed by atoms with van der Waals surface area (Å²) in [5.74, 6) is -0.0486. The van der Waals surface area contributed by atoms with E-state index in [9.17, 15) is 8.60 Å². The van der Waals surface area contributed by atoms with E-state index in [0.29, 0.717) is 13.0 Å². The van der Waals surface area contributed by atoms with Crippen LogP contribution in [0, 0.1) is 19.8 Å². The van der Waals surface area contributed by atoms with Crippen molar-refractivity contribution in [2.75, 3.05) is 13.3 Å². The van der Waals surface area contributed by atoms with Crippen molar-refractivity contribution in [2.45, 2.75) is 58.3 Å². The summed E-state index contributed by atoms with van der Waals surface area (Å²) in [4.78, 5) is 0.746. The van der Waals surface area contributed by atoms with Crippen molar-refractivity contribution in [1.82, 2.24) is 0 Å². The lowest BCUT2D eigenvalue weighted by molar-refractivity contribution is 0.279. The molecule has 0 fully saturated rings. The Hall–Kier alpha value is -0.740. The van der Waals surface area contributed by atoms with Crippen LogP contribution in [-0.4, -0.2) is 17.5 Å². The molecule has 2 atom stereocenters. The van der Waals surface area contributed by atoms with Crippen molar-refractivity contribution in [3.05, 3.63) is 28.8 Å². The molecule has 0 spiro atoms. The van der Waals surface area contributed by atoms with Gasteiger partial charge in [0.2, 0.25) is 0 Å². The predicted octanol–water partition coefficient (Wildman–Crippen LogP) is 4.64. The van der Waals surface area contributed by atoms with Gasteiger partial charge in [-0.15, -0.1) is 0 Å². The fourth-order valence-electron chi connectivity index (χ4n) is 2.11. The van der Waals surface area contributed by atoms with Crippen LogP contribution >= 0.6 is 0 Å². The molecule has 0 N–H and O–H groups in total. The molecular weight excluding hydrogens is 287 g/mol. The summed E-state index contributed by atoms with van der Waals surface area (Å²) in [6.45, 7) is 12.2. The Morgan fingerprint density at radius 3 is 2.19 bits per heavy atom. The van der Waals surface area contributed by atoms with E-state index in [4.69, 9.17) is 4.18 Å². The van der Waals surface area contributed by atoms with Crippen LogP contribution in [-0.2, 0) is 20.7 Å². The minimum absolute atomic E-state index is 0.0486. The number of hydrogen-bond acceptors (Lipinski definition) is 2. The van der Waals surface area contributed by atoms with Gasteiger partial charge in [0.15, 0.2) is 11.1 Å². The van der Waals surface area contributed by atoms with Crippen LogP contribution in [0.15, 0.2) is 17.0 Å². The molecule has 0 radical (unpaired) electrons. The molecule has 0 amide bonds. The number of halogens is 1. The molecule has 0 heterocycles. The van der Waals surface area contributed by atoms with Gasteiger partial charge in [0.05, 0.1) is 18.2 Å². The lowest BCUT2D eigenvalue weighted by atomic mass is 9.85. The average molecular weight is 314 g/mol. The second kappa shape index (κ2) is 7.50. The molecule has 0 aliphatic rings. The minimum Gasteiger partial charge on any atom is -0.287 e. The Bertz CT molecular complexity index is 483. The summed E-state index contributed by atoms with van der Waals surface area (Å²) < 4.78 is 30.1. The lowest BCUT2D eigenvalue weighted by Gasteiger charge is -2.22. The van der Waals surface area contributed by atoms with E-state index >= 15 is 0 Å². The van der Waals surface area contributed by atoms with E-state index in [-0.39, 0.29) is 18.0 Å². The van der Waals surface area contributed by atoms with E-state index in [2.05, 4.69) is 32.9 Å². The average Bonchev–Trinajstić information content (AvgIpc) is 2.36. The Labute approximate surface area is 130 Å². The highest BCUT2D eigenvalue weighted by molar-refractivity contribution is 7.80. The highest BCUT2D eigenvalue weighted by Gasteiger charge is 2.19. The van der Waals surface area contributed by atoms with Gasteiger partial charge in [0.25, 0.3) is 0 Å². The maximum absolute atomic E-state index is 12.4. The number of hydrogen-bond donors (Lipinski definition) is 0. The molecule has 1 aromatic carbocycles. The van der Waals surface area contributed by atoms with Crippen molar-refractivity contribution in [1.29, 1.82) is 0 Å². The molecule has 4 heteroatoms. The van der Waals surface area contributed by atoms with Gasteiger partial charge in [0, 0.05) is 0 Å². The number of alkyl halides is 1. The van der Waals surface area contributed by atoms with Crippen LogP contribution < -0.4 is 0 Å². The summed E-state index contributed by atoms with van der Waals surface area (Å²) in [5.41, 5.74) is 3.25. The number of benzene rings is 1. The summed E-state index contributed by atoms with van der Waals surface area (Å²) in [7, 11) is 0. The zero-order chi connectivity index (χ0) is 16.2. The van der Waals surface area contributed by atoms with Crippen LogP contribution in [0.3, 0.4) is 0 Å². The second-order valence-corrected chi connectivity index (χ2v) is 7.91. The molecule has 0 aromatic heterocycles. The lowest BCUT2D eigenvalue weighted by Crippen LogP contribution is -2.13. The minimum atomic E-state index is -1.48. The highest BCUT2D eigenvalue weighted by Crippen LogP contribution is 2.28. The molecule has 120 valence electrons.